The molecule has 9 atom stereocenters. The third kappa shape index (κ3) is 3.63. The molecule has 5 aliphatic rings. The van der Waals surface area contributed by atoms with Crippen molar-refractivity contribution in [2.75, 3.05) is 6.61 Å². The average molecular weight is 515 g/mol. The third-order valence-corrected chi connectivity index (χ3v) is 13.4. The van der Waals surface area contributed by atoms with Crippen LogP contribution in [0.3, 0.4) is 0 Å². The number of aliphatic hydroxyl groups is 2. The zero-order valence-electron chi connectivity index (χ0n) is 25.0. The number of ether oxygens (including phenoxy) is 1. The van der Waals surface area contributed by atoms with Gasteiger partial charge in [0.2, 0.25) is 0 Å². The Bertz CT molecular complexity index is 965. The number of hydrogen-bond donors (Lipinski definition) is 2. The molecule has 0 aliphatic heterocycles. The van der Waals surface area contributed by atoms with Crippen LogP contribution < -0.4 is 0 Å². The van der Waals surface area contributed by atoms with Gasteiger partial charge in [-0.1, -0.05) is 67.0 Å². The van der Waals surface area contributed by atoms with Gasteiger partial charge in [0.1, 0.15) is 0 Å². The molecule has 0 amide bonds. The first-order chi connectivity index (χ1) is 17.1. The lowest BCUT2D eigenvalue weighted by molar-refractivity contribution is -0.232. The molecule has 37 heavy (non-hydrogen) atoms. The van der Waals surface area contributed by atoms with Crippen molar-refractivity contribution in [2.45, 2.75) is 132 Å². The second kappa shape index (κ2) is 8.56. The van der Waals surface area contributed by atoms with Gasteiger partial charge in [-0.25, -0.2) is 0 Å². The molecule has 5 aliphatic carbocycles. The van der Waals surface area contributed by atoms with Crippen molar-refractivity contribution in [3.63, 3.8) is 0 Å². The van der Waals surface area contributed by atoms with E-state index in [2.05, 4.69) is 61.5 Å². The molecular formula is C33H54O4. The maximum atomic E-state index is 13.7. The minimum Gasteiger partial charge on any atom is -0.465 e. The second-order valence-corrected chi connectivity index (χ2v) is 16.0. The molecule has 210 valence electrons. The lowest BCUT2D eigenvalue weighted by atomic mass is 9.33. The Kier molecular flexibility index (Phi) is 6.41. The van der Waals surface area contributed by atoms with E-state index < -0.39 is 12.2 Å². The fraction of sp³-hybridized carbons (Fsp3) is 0.909. The van der Waals surface area contributed by atoms with Crippen LogP contribution in [0.2, 0.25) is 0 Å². The summed E-state index contributed by atoms with van der Waals surface area (Å²) in [6, 6.07) is 0. The Labute approximate surface area is 226 Å². The molecule has 4 nitrogen and oxygen atoms in total. The van der Waals surface area contributed by atoms with Crippen LogP contribution in [0.1, 0.15) is 120 Å². The molecule has 0 bridgehead atoms. The van der Waals surface area contributed by atoms with Crippen molar-refractivity contribution in [1.82, 2.24) is 0 Å². The minimum absolute atomic E-state index is 0.0133. The first-order valence-electron chi connectivity index (χ1n) is 15.3. The summed E-state index contributed by atoms with van der Waals surface area (Å²) < 4.78 is 5.92. The van der Waals surface area contributed by atoms with Crippen LogP contribution >= 0.6 is 0 Å². The van der Waals surface area contributed by atoms with E-state index in [0.717, 1.165) is 57.8 Å². The molecule has 4 heteroatoms. The Morgan fingerprint density at radius 3 is 2.30 bits per heavy atom. The van der Waals surface area contributed by atoms with E-state index in [0.29, 0.717) is 24.9 Å². The summed E-state index contributed by atoms with van der Waals surface area (Å²) in [4.78, 5) is 13.7. The maximum Gasteiger partial charge on any atom is 0.312 e. The fourth-order valence-corrected chi connectivity index (χ4v) is 11.1. The van der Waals surface area contributed by atoms with Crippen LogP contribution in [0, 0.1) is 50.2 Å². The first-order valence-corrected chi connectivity index (χ1v) is 15.3. The molecule has 0 unspecified atom stereocenters. The van der Waals surface area contributed by atoms with E-state index >= 15 is 0 Å². The van der Waals surface area contributed by atoms with Crippen LogP contribution in [0.25, 0.3) is 0 Å². The van der Waals surface area contributed by atoms with Gasteiger partial charge < -0.3 is 14.9 Å². The third-order valence-electron chi connectivity index (χ3n) is 13.4. The van der Waals surface area contributed by atoms with Crippen LogP contribution in [-0.2, 0) is 9.53 Å². The first kappa shape index (κ1) is 27.7. The van der Waals surface area contributed by atoms with E-state index in [4.69, 9.17) is 4.74 Å². The highest BCUT2D eigenvalue weighted by Crippen LogP contribution is 2.75. The van der Waals surface area contributed by atoms with Crippen molar-refractivity contribution in [3.8, 4) is 0 Å². The number of fused-ring (bicyclic) bond motifs is 7. The normalized spacial score (nSPS) is 50.0. The standard InChI is InChI=1S/C33H54O4/c1-9-18-37-27(36)33-16-14-28(2,3)19-22(33)21-10-11-25-30(6)20-23(34)26(35)29(4,5)24(30)12-13-32(25,8)31(21,7)15-17-33/h10,22-26,34-35H,9,11-20H2,1-8H3/t22-,23+,24+,25-,26-,30+,31+,32-,33+/m1/s1. The Hall–Kier alpha value is -0.870. The van der Waals surface area contributed by atoms with Gasteiger partial charge in [-0.05, 0) is 109 Å². The van der Waals surface area contributed by atoms with Gasteiger partial charge in [0, 0.05) is 0 Å². The predicted octanol–water partition coefficient (Wildman–Crippen LogP) is 7.07. The summed E-state index contributed by atoms with van der Waals surface area (Å²) in [5.41, 5.74) is 1.26. The van der Waals surface area contributed by atoms with Crippen LogP contribution in [-0.4, -0.2) is 35.0 Å². The number of rotatable bonds is 3. The molecule has 0 aromatic heterocycles. The summed E-state index contributed by atoms with van der Waals surface area (Å²) in [7, 11) is 0. The van der Waals surface area contributed by atoms with E-state index in [1.54, 1.807) is 5.57 Å². The topological polar surface area (TPSA) is 66.8 Å². The lowest BCUT2D eigenvalue weighted by Crippen LogP contribution is -2.67. The molecule has 2 N–H and O–H groups in total. The van der Waals surface area contributed by atoms with E-state index in [-0.39, 0.29) is 44.4 Å². The Morgan fingerprint density at radius 1 is 0.946 bits per heavy atom. The van der Waals surface area contributed by atoms with Crippen molar-refractivity contribution in [3.05, 3.63) is 11.6 Å². The van der Waals surface area contributed by atoms with Gasteiger partial charge >= 0.3 is 5.97 Å². The number of carbonyl (C=O) groups excluding carboxylic acids is 1. The predicted molar refractivity (Wildman–Crippen MR) is 148 cm³/mol. The highest BCUT2D eigenvalue weighted by molar-refractivity contribution is 5.78. The van der Waals surface area contributed by atoms with Gasteiger partial charge in [0.25, 0.3) is 0 Å². The molecule has 4 fully saturated rings. The Balaban J connectivity index is 1.58. The van der Waals surface area contributed by atoms with Crippen molar-refractivity contribution >= 4 is 5.97 Å². The van der Waals surface area contributed by atoms with E-state index in [1.165, 1.54) is 0 Å². The monoisotopic (exact) mass is 514 g/mol. The molecule has 0 heterocycles. The number of hydrogen-bond acceptors (Lipinski definition) is 4. The molecule has 0 aromatic rings. The van der Waals surface area contributed by atoms with Crippen LogP contribution in [0.5, 0.6) is 0 Å². The largest absolute Gasteiger partial charge is 0.465 e. The smallest absolute Gasteiger partial charge is 0.312 e. The van der Waals surface area contributed by atoms with E-state index in [1.807, 2.05) is 0 Å². The molecule has 0 saturated heterocycles. The molecule has 0 spiro atoms. The molecule has 5 rings (SSSR count). The van der Waals surface area contributed by atoms with Crippen LogP contribution in [0.15, 0.2) is 11.6 Å². The molecular weight excluding hydrogens is 460 g/mol. The van der Waals surface area contributed by atoms with E-state index in [9.17, 15) is 15.0 Å². The molecule has 0 radical (unpaired) electrons. The van der Waals surface area contributed by atoms with Gasteiger partial charge in [-0.15, -0.1) is 0 Å². The zero-order chi connectivity index (χ0) is 27.2. The summed E-state index contributed by atoms with van der Waals surface area (Å²) in [6.07, 6.45) is 11.1. The quantitative estimate of drug-likeness (QED) is 0.312. The van der Waals surface area contributed by atoms with Crippen molar-refractivity contribution in [1.29, 1.82) is 0 Å². The van der Waals surface area contributed by atoms with Crippen molar-refractivity contribution in [2.24, 2.45) is 50.2 Å². The number of carbonyl (C=O) groups is 1. The van der Waals surface area contributed by atoms with Crippen LogP contribution in [0.4, 0.5) is 0 Å². The summed E-state index contributed by atoms with van der Waals surface area (Å²) in [5, 5.41) is 22.0. The highest BCUT2D eigenvalue weighted by Gasteiger charge is 2.70. The number of esters is 1. The SMILES string of the molecule is CCCOC(=O)[C@]12CCC(C)(C)C[C@@H]1C1=CC[C@@H]3[C@@]4(C)C[C@H](O)[C@@H](O)C(C)(C)[C@@H]4CC[C@@]3(C)[C@@]1(C)CC2. The summed E-state index contributed by atoms with van der Waals surface area (Å²) in [6.45, 7) is 19.2. The lowest BCUT2D eigenvalue weighted by Gasteiger charge is -2.71. The number of allylic oxidation sites excluding steroid dienone is 2. The maximum absolute atomic E-state index is 13.7. The Morgan fingerprint density at radius 2 is 1.62 bits per heavy atom. The highest BCUT2D eigenvalue weighted by atomic mass is 16.5. The zero-order valence-corrected chi connectivity index (χ0v) is 25.0. The minimum atomic E-state index is -0.664. The summed E-state index contributed by atoms with van der Waals surface area (Å²) >= 11 is 0. The molecule has 0 aromatic carbocycles. The average Bonchev–Trinajstić information content (AvgIpc) is 2.81. The second-order valence-electron chi connectivity index (χ2n) is 16.0. The molecule has 4 saturated carbocycles. The van der Waals surface area contributed by atoms with Gasteiger partial charge in [0.05, 0.1) is 24.2 Å². The van der Waals surface area contributed by atoms with Gasteiger partial charge in [-0.3, -0.25) is 4.79 Å². The van der Waals surface area contributed by atoms with Gasteiger partial charge in [-0.2, -0.15) is 0 Å². The summed E-state index contributed by atoms with van der Waals surface area (Å²) in [5.74, 6) is 1.19. The van der Waals surface area contributed by atoms with Crippen molar-refractivity contribution < 1.29 is 19.7 Å². The fourth-order valence-electron chi connectivity index (χ4n) is 11.1. The number of aliphatic hydroxyl groups excluding tert-OH is 2. The van der Waals surface area contributed by atoms with Gasteiger partial charge in [0.15, 0.2) is 0 Å².